The molecule has 1 unspecified atom stereocenters. The number of nitrogens with one attached hydrogen (secondary N) is 2. The lowest BCUT2D eigenvalue weighted by Crippen LogP contribution is -2.17. The van der Waals surface area contributed by atoms with Gasteiger partial charge in [-0.25, -0.2) is 20.8 Å². The van der Waals surface area contributed by atoms with Crippen molar-refractivity contribution in [3.8, 4) is 0 Å². The molecule has 2 rings (SSSR count). The van der Waals surface area contributed by atoms with E-state index >= 15 is 0 Å². The number of nitrogen functional groups attached to an aromatic ring is 1. The molecule has 0 spiro atoms. The normalized spacial score (nSPS) is 12.5. The smallest absolute Gasteiger partial charge is 0.216 e. The monoisotopic (exact) mass is 290 g/mol. The molecule has 0 amide bonds. The van der Waals surface area contributed by atoms with Gasteiger partial charge in [0.05, 0.1) is 6.20 Å². The van der Waals surface area contributed by atoms with Crippen LogP contribution in [0, 0.1) is 13.8 Å². The van der Waals surface area contributed by atoms with Gasteiger partial charge in [-0.3, -0.25) is 0 Å². The number of hydrazine groups is 1. The first-order valence-corrected chi connectivity index (χ1v) is 6.96. The van der Waals surface area contributed by atoms with Crippen molar-refractivity contribution in [2.45, 2.75) is 46.6 Å². The van der Waals surface area contributed by atoms with E-state index in [0.717, 1.165) is 23.0 Å². The molecule has 2 heterocycles. The van der Waals surface area contributed by atoms with Crippen molar-refractivity contribution in [1.82, 2.24) is 15.0 Å². The van der Waals surface area contributed by atoms with Crippen molar-refractivity contribution in [3.05, 3.63) is 29.2 Å². The van der Waals surface area contributed by atoms with E-state index in [1.165, 1.54) is 0 Å². The third kappa shape index (κ3) is 3.30. The Bertz CT molecular complexity index is 622. The molecule has 0 aliphatic carbocycles. The number of hydrogen-bond acceptors (Lipinski definition) is 7. The Hall–Kier alpha value is -2.15. The molecular formula is C14H22N6O. The lowest BCUT2D eigenvalue weighted by molar-refractivity contribution is 0.453. The molecule has 1 atom stereocenters. The third-order valence-electron chi connectivity index (χ3n) is 3.18. The van der Waals surface area contributed by atoms with Gasteiger partial charge in [-0.15, -0.1) is 0 Å². The zero-order valence-corrected chi connectivity index (χ0v) is 13.1. The van der Waals surface area contributed by atoms with Gasteiger partial charge in [0.2, 0.25) is 5.89 Å². The molecule has 114 valence electrons. The lowest BCUT2D eigenvalue weighted by atomic mass is 10.2. The molecule has 2 aromatic heterocycles. The average Bonchev–Trinajstić information content (AvgIpc) is 2.87. The summed E-state index contributed by atoms with van der Waals surface area (Å²) >= 11 is 0. The Morgan fingerprint density at radius 3 is 2.33 bits per heavy atom. The van der Waals surface area contributed by atoms with Gasteiger partial charge in [0.1, 0.15) is 29.3 Å². The Morgan fingerprint density at radius 1 is 1.14 bits per heavy atom. The van der Waals surface area contributed by atoms with Crippen LogP contribution in [-0.4, -0.2) is 15.0 Å². The highest BCUT2D eigenvalue weighted by Crippen LogP contribution is 2.26. The zero-order valence-electron chi connectivity index (χ0n) is 13.1. The molecule has 0 fully saturated rings. The number of aryl methyl sites for hydroxylation is 1. The van der Waals surface area contributed by atoms with Gasteiger partial charge in [-0.1, -0.05) is 13.8 Å². The van der Waals surface area contributed by atoms with Gasteiger partial charge in [0.25, 0.3) is 0 Å². The number of nitrogens with zero attached hydrogens (tertiary/aromatic N) is 3. The molecule has 21 heavy (non-hydrogen) atoms. The topological polar surface area (TPSA) is 102 Å². The summed E-state index contributed by atoms with van der Waals surface area (Å²) in [5, 5.41) is 3.31. The summed E-state index contributed by atoms with van der Waals surface area (Å²) in [5.41, 5.74) is 3.48. The van der Waals surface area contributed by atoms with Crippen LogP contribution in [0.15, 0.2) is 10.6 Å². The zero-order chi connectivity index (χ0) is 15.6. The van der Waals surface area contributed by atoms with Crippen LogP contribution in [0.2, 0.25) is 0 Å². The predicted molar refractivity (Wildman–Crippen MR) is 81.9 cm³/mol. The predicted octanol–water partition coefficient (Wildman–Crippen LogP) is 2.66. The Morgan fingerprint density at radius 2 is 1.81 bits per heavy atom. The molecule has 0 radical (unpaired) electrons. The first-order valence-electron chi connectivity index (χ1n) is 6.96. The lowest BCUT2D eigenvalue weighted by Gasteiger charge is -2.17. The SMILES string of the molecule is Cc1cnc(C(C)Nc2nc(C(C)C)nc(NN)c2C)o1. The second-order valence-corrected chi connectivity index (χ2v) is 5.38. The van der Waals surface area contributed by atoms with Crippen LogP contribution in [0.5, 0.6) is 0 Å². The maximum absolute atomic E-state index is 5.53. The number of aromatic nitrogens is 3. The Kier molecular flexibility index (Phi) is 4.42. The van der Waals surface area contributed by atoms with Crippen molar-refractivity contribution < 1.29 is 4.42 Å². The fourth-order valence-corrected chi connectivity index (χ4v) is 1.91. The van der Waals surface area contributed by atoms with E-state index in [-0.39, 0.29) is 12.0 Å². The van der Waals surface area contributed by atoms with Gasteiger partial charge in [0.15, 0.2) is 0 Å². The van der Waals surface area contributed by atoms with E-state index in [1.54, 1.807) is 6.20 Å². The summed E-state index contributed by atoms with van der Waals surface area (Å²) in [6, 6.07) is -0.0991. The Labute approximate surface area is 124 Å². The third-order valence-corrected chi connectivity index (χ3v) is 3.18. The molecule has 0 saturated heterocycles. The standard InChI is InChI=1S/C14H22N6O/c1-7(2)11-18-12(9(4)13(19-11)20-15)17-10(5)14-16-6-8(3)21-14/h6-7,10H,15H2,1-5H3,(H2,17,18,19,20). The summed E-state index contributed by atoms with van der Waals surface area (Å²) in [5.74, 6) is 9.22. The maximum atomic E-state index is 5.53. The van der Waals surface area contributed by atoms with Crippen LogP contribution in [0.25, 0.3) is 0 Å². The Balaban J connectivity index is 2.32. The van der Waals surface area contributed by atoms with Crippen LogP contribution >= 0.6 is 0 Å². The van der Waals surface area contributed by atoms with Gasteiger partial charge in [-0.2, -0.15) is 0 Å². The molecule has 0 aliphatic rings. The van der Waals surface area contributed by atoms with Gasteiger partial charge in [0, 0.05) is 11.5 Å². The number of oxazole rings is 1. The van der Waals surface area contributed by atoms with Crippen molar-refractivity contribution in [1.29, 1.82) is 0 Å². The van der Waals surface area contributed by atoms with Crippen molar-refractivity contribution >= 4 is 11.6 Å². The quantitative estimate of drug-likeness (QED) is 0.574. The number of anilines is 2. The largest absolute Gasteiger partial charge is 0.444 e. The summed E-state index contributed by atoms with van der Waals surface area (Å²) in [7, 11) is 0. The van der Waals surface area contributed by atoms with Crippen molar-refractivity contribution in [2.24, 2.45) is 5.84 Å². The molecule has 7 nitrogen and oxygen atoms in total. The fourth-order valence-electron chi connectivity index (χ4n) is 1.91. The second-order valence-electron chi connectivity index (χ2n) is 5.38. The van der Waals surface area contributed by atoms with Gasteiger partial charge < -0.3 is 15.2 Å². The fraction of sp³-hybridized carbons (Fsp3) is 0.500. The molecule has 4 N–H and O–H groups in total. The molecular weight excluding hydrogens is 268 g/mol. The minimum atomic E-state index is -0.0991. The summed E-state index contributed by atoms with van der Waals surface area (Å²) in [6.45, 7) is 9.82. The van der Waals surface area contributed by atoms with E-state index in [2.05, 4.69) is 25.7 Å². The highest BCUT2D eigenvalue weighted by Gasteiger charge is 2.17. The van der Waals surface area contributed by atoms with Crippen molar-refractivity contribution in [3.63, 3.8) is 0 Å². The first kappa shape index (κ1) is 15.2. The van der Waals surface area contributed by atoms with Crippen LogP contribution in [0.1, 0.15) is 55.8 Å². The summed E-state index contributed by atoms with van der Waals surface area (Å²) in [6.07, 6.45) is 1.70. The van der Waals surface area contributed by atoms with E-state index < -0.39 is 0 Å². The first-order chi connectivity index (χ1) is 9.92. The molecule has 0 saturated carbocycles. The summed E-state index contributed by atoms with van der Waals surface area (Å²) in [4.78, 5) is 13.2. The summed E-state index contributed by atoms with van der Waals surface area (Å²) < 4.78 is 5.53. The minimum absolute atomic E-state index is 0.0991. The number of hydrogen-bond donors (Lipinski definition) is 3. The molecule has 2 aromatic rings. The van der Waals surface area contributed by atoms with Crippen LogP contribution in [0.4, 0.5) is 11.6 Å². The maximum Gasteiger partial charge on any atom is 0.216 e. The van der Waals surface area contributed by atoms with E-state index in [1.807, 2.05) is 34.6 Å². The molecule has 0 bridgehead atoms. The van der Waals surface area contributed by atoms with Crippen molar-refractivity contribution in [2.75, 3.05) is 10.7 Å². The number of rotatable bonds is 5. The highest BCUT2D eigenvalue weighted by molar-refractivity contribution is 5.57. The molecule has 0 aromatic carbocycles. The molecule has 7 heteroatoms. The average molecular weight is 290 g/mol. The van der Waals surface area contributed by atoms with Gasteiger partial charge >= 0.3 is 0 Å². The van der Waals surface area contributed by atoms with Crippen LogP contribution < -0.4 is 16.6 Å². The second kappa shape index (κ2) is 6.09. The van der Waals surface area contributed by atoms with Gasteiger partial charge in [-0.05, 0) is 20.8 Å². The van der Waals surface area contributed by atoms with E-state index in [4.69, 9.17) is 10.3 Å². The molecule has 0 aliphatic heterocycles. The number of nitrogens with two attached hydrogens (primary N) is 1. The van der Waals surface area contributed by atoms with E-state index in [0.29, 0.717) is 11.7 Å². The minimum Gasteiger partial charge on any atom is -0.444 e. The van der Waals surface area contributed by atoms with E-state index in [9.17, 15) is 0 Å². The highest BCUT2D eigenvalue weighted by atomic mass is 16.4. The van der Waals surface area contributed by atoms with Crippen LogP contribution in [0.3, 0.4) is 0 Å². The van der Waals surface area contributed by atoms with Crippen LogP contribution in [-0.2, 0) is 0 Å².